The van der Waals surface area contributed by atoms with Gasteiger partial charge in [-0.15, -0.1) is 0 Å². The molecule has 1 aromatic carbocycles. The first-order valence-electron chi connectivity index (χ1n) is 5.76. The summed E-state index contributed by atoms with van der Waals surface area (Å²) in [6.45, 7) is 2.18. The van der Waals surface area contributed by atoms with E-state index in [4.69, 9.17) is 25.8 Å². The maximum absolute atomic E-state index is 11.7. The lowest BCUT2D eigenvalue weighted by Crippen LogP contribution is -2.06. The van der Waals surface area contributed by atoms with E-state index in [-0.39, 0.29) is 19.0 Å². The average molecular weight is 280 g/mol. The molecular formula is C13H10ClNO4. The molecule has 5 nitrogen and oxygen atoms in total. The van der Waals surface area contributed by atoms with Crippen molar-refractivity contribution in [2.45, 2.75) is 6.92 Å². The van der Waals surface area contributed by atoms with Crippen molar-refractivity contribution < 1.29 is 19.0 Å². The van der Waals surface area contributed by atoms with Crippen molar-refractivity contribution >= 4 is 28.5 Å². The van der Waals surface area contributed by atoms with Gasteiger partial charge in [0.2, 0.25) is 6.79 Å². The number of ether oxygens (including phenoxy) is 3. The number of pyridine rings is 1. The van der Waals surface area contributed by atoms with Gasteiger partial charge in [-0.2, -0.15) is 0 Å². The molecule has 2 heterocycles. The molecule has 19 heavy (non-hydrogen) atoms. The summed E-state index contributed by atoms with van der Waals surface area (Å²) in [5.41, 5.74) is 0.822. The van der Waals surface area contributed by atoms with Crippen molar-refractivity contribution in [3.63, 3.8) is 0 Å². The highest BCUT2D eigenvalue weighted by atomic mass is 35.5. The van der Waals surface area contributed by atoms with Crippen molar-refractivity contribution in [1.29, 1.82) is 0 Å². The van der Waals surface area contributed by atoms with E-state index in [1.54, 1.807) is 19.1 Å². The molecular weight excluding hydrogens is 270 g/mol. The Bertz CT molecular complexity index is 671. The molecule has 0 unspecified atom stereocenters. The van der Waals surface area contributed by atoms with Gasteiger partial charge in [-0.3, -0.25) is 4.98 Å². The van der Waals surface area contributed by atoms with Crippen LogP contribution < -0.4 is 9.47 Å². The molecule has 0 spiro atoms. The summed E-state index contributed by atoms with van der Waals surface area (Å²) >= 11 is 6.24. The maximum Gasteiger partial charge on any atom is 0.341 e. The fourth-order valence-electron chi connectivity index (χ4n) is 1.94. The van der Waals surface area contributed by atoms with Crippen LogP contribution in [0.2, 0.25) is 5.02 Å². The third kappa shape index (κ3) is 1.86. The SMILES string of the molecule is CCOC(=O)c1cnc2c3c(ccc2c1Cl)OCO3. The molecule has 98 valence electrons. The van der Waals surface area contributed by atoms with Crippen LogP contribution >= 0.6 is 11.6 Å². The molecule has 6 heteroatoms. The first kappa shape index (κ1) is 12.0. The number of nitrogens with zero attached hydrogens (tertiary/aromatic N) is 1. The standard InChI is InChI=1S/C13H10ClNO4/c1-2-17-13(16)8-5-15-11-7(10(8)14)3-4-9-12(11)19-6-18-9/h3-5H,2,6H2,1H3. The Hall–Kier alpha value is -2.01. The molecule has 0 aliphatic carbocycles. The predicted molar refractivity (Wildman–Crippen MR) is 68.8 cm³/mol. The number of esters is 1. The van der Waals surface area contributed by atoms with Crippen molar-refractivity contribution in [3.05, 3.63) is 28.9 Å². The van der Waals surface area contributed by atoms with Gasteiger partial charge in [-0.1, -0.05) is 11.6 Å². The third-order valence-electron chi connectivity index (χ3n) is 2.80. The Morgan fingerprint density at radius 3 is 3.11 bits per heavy atom. The van der Waals surface area contributed by atoms with Crippen LogP contribution in [0.5, 0.6) is 11.5 Å². The minimum atomic E-state index is -0.487. The highest BCUT2D eigenvalue weighted by molar-refractivity contribution is 6.38. The Morgan fingerprint density at radius 1 is 1.47 bits per heavy atom. The zero-order valence-electron chi connectivity index (χ0n) is 10.1. The highest BCUT2D eigenvalue weighted by Crippen LogP contribution is 2.40. The summed E-state index contributed by atoms with van der Waals surface area (Å²) in [5, 5.41) is 0.943. The lowest BCUT2D eigenvalue weighted by molar-refractivity contribution is 0.0526. The Kier molecular flexibility index (Phi) is 2.91. The number of hydrogen-bond donors (Lipinski definition) is 0. The maximum atomic E-state index is 11.7. The van der Waals surface area contributed by atoms with E-state index < -0.39 is 5.97 Å². The molecule has 1 aromatic heterocycles. The van der Waals surface area contributed by atoms with Gasteiger partial charge < -0.3 is 14.2 Å². The molecule has 2 aromatic rings. The van der Waals surface area contributed by atoms with Crippen molar-refractivity contribution in [3.8, 4) is 11.5 Å². The van der Waals surface area contributed by atoms with Crippen molar-refractivity contribution in [1.82, 2.24) is 4.98 Å². The molecule has 0 saturated carbocycles. The fraction of sp³-hybridized carbons (Fsp3) is 0.231. The van der Waals surface area contributed by atoms with Crippen LogP contribution in [-0.4, -0.2) is 24.4 Å². The smallest absolute Gasteiger partial charge is 0.341 e. The molecule has 0 atom stereocenters. The quantitative estimate of drug-likeness (QED) is 0.791. The molecule has 0 saturated heterocycles. The Morgan fingerprint density at radius 2 is 2.32 bits per heavy atom. The third-order valence-corrected chi connectivity index (χ3v) is 3.21. The van der Waals surface area contributed by atoms with E-state index >= 15 is 0 Å². The minimum absolute atomic E-state index is 0.160. The summed E-state index contributed by atoms with van der Waals surface area (Å²) < 4.78 is 15.6. The van der Waals surface area contributed by atoms with Crippen LogP contribution in [-0.2, 0) is 4.74 Å². The second-order valence-corrected chi connectivity index (χ2v) is 4.28. The zero-order valence-corrected chi connectivity index (χ0v) is 10.9. The van der Waals surface area contributed by atoms with Gasteiger partial charge in [0.25, 0.3) is 0 Å². The van der Waals surface area contributed by atoms with E-state index in [1.807, 2.05) is 0 Å². The van der Waals surface area contributed by atoms with E-state index in [0.29, 0.717) is 27.4 Å². The van der Waals surface area contributed by atoms with Gasteiger partial charge in [0, 0.05) is 11.6 Å². The molecule has 0 radical (unpaired) electrons. The molecule has 1 aliphatic heterocycles. The number of hydrogen-bond acceptors (Lipinski definition) is 5. The topological polar surface area (TPSA) is 57.7 Å². The monoisotopic (exact) mass is 279 g/mol. The molecule has 3 rings (SSSR count). The fourth-order valence-corrected chi connectivity index (χ4v) is 2.22. The van der Waals surface area contributed by atoms with Crippen LogP contribution in [0.4, 0.5) is 0 Å². The predicted octanol–water partition coefficient (Wildman–Crippen LogP) is 2.79. The second-order valence-electron chi connectivity index (χ2n) is 3.90. The van der Waals surface area contributed by atoms with Gasteiger partial charge in [0.05, 0.1) is 17.2 Å². The average Bonchev–Trinajstić information content (AvgIpc) is 2.87. The molecule has 1 aliphatic rings. The van der Waals surface area contributed by atoms with Gasteiger partial charge in [-0.25, -0.2) is 4.79 Å². The number of carbonyl (C=O) groups is 1. The summed E-state index contributed by atoms with van der Waals surface area (Å²) in [6.07, 6.45) is 1.39. The zero-order chi connectivity index (χ0) is 13.4. The number of carbonyl (C=O) groups excluding carboxylic acids is 1. The van der Waals surface area contributed by atoms with Gasteiger partial charge in [0.1, 0.15) is 5.52 Å². The Balaban J connectivity index is 2.18. The normalized spacial score (nSPS) is 12.7. The van der Waals surface area contributed by atoms with E-state index in [1.165, 1.54) is 6.20 Å². The minimum Gasteiger partial charge on any atom is -0.462 e. The van der Waals surface area contributed by atoms with Crippen LogP contribution in [0.3, 0.4) is 0 Å². The van der Waals surface area contributed by atoms with Crippen LogP contribution in [0.15, 0.2) is 18.3 Å². The molecule has 0 fully saturated rings. The number of fused-ring (bicyclic) bond motifs is 3. The molecule has 0 amide bonds. The van der Waals surface area contributed by atoms with Crippen molar-refractivity contribution in [2.75, 3.05) is 13.4 Å². The summed E-state index contributed by atoms with van der Waals surface area (Å²) in [6, 6.07) is 3.49. The Labute approximate surface area is 114 Å². The summed E-state index contributed by atoms with van der Waals surface area (Å²) in [4.78, 5) is 16.0. The summed E-state index contributed by atoms with van der Waals surface area (Å²) in [7, 11) is 0. The number of rotatable bonds is 2. The molecule has 0 bridgehead atoms. The van der Waals surface area contributed by atoms with Crippen LogP contribution in [0.25, 0.3) is 10.9 Å². The lowest BCUT2D eigenvalue weighted by atomic mass is 10.1. The number of halogens is 1. The first-order chi connectivity index (χ1) is 9.22. The second kappa shape index (κ2) is 4.59. The number of benzene rings is 1. The van der Waals surface area contributed by atoms with Crippen molar-refractivity contribution in [2.24, 2.45) is 0 Å². The highest BCUT2D eigenvalue weighted by Gasteiger charge is 2.22. The van der Waals surface area contributed by atoms with E-state index in [2.05, 4.69) is 4.98 Å². The van der Waals surface area contributed by atoms with Gasteiger partial charge in [0.15, 0.2) is 11.5 Å². The largest absolute Gasteiger partial charge is 0.462 e. The first-order valence-corrected chi connectivity index (χ1v) is 6.14. The van der Waals surface area contributed by atoms with Crippen LogP contribution in [0, 0.1) is 0 Å². The van der Waals surface area contributed by atoms with E-state index in [9.17, 15) is 4.79 Å². The van der Waals surface area contributed by atoms with Gasteiger partial charge in [-0.05, 0) is 19.1 Å². The van der Waals surface area contributed by atoms with Crippen LogP contribution in [0.1, 0.15) is 17.3 Å². The van der Waals surface area contributed by atoms with E-state index in [0.717, 1.165) is 0 Å². The van der Waals surface area contributed by atoms with Gasteiger partial charge >= 0.3 is 5.97 Å². The summed E-state index contributed by atoms with van der Waals surface area (Å²) in [5.74, 6) is 0.689. The molecule has 0 N–H and O–H groups in total. The lowest BCUT2D eigenvalue weighted by Gasteiger charge is -2.07. The number of aromatic nitrogens is 1.